The summed E-state index contributed by atoms with van der Waals surface area (Å²) >= 11 is 0. The van der Waals surface area contributed by atoms with Gasteiger partial charge >= 0.3 is 0 Å². The summed E-state index contributed by atoms with van der Waals surface area (Å²) in [5, 5.41) is 3.41. The molecule has 0 unspecified atom stereocenters. The van der Waals surface area contributed by atoms with Crippen molar-refractivity contribution >= 4 is 29.2 Å². The number of alkyl halides is 2. The predicted molar refractivity (Wildman–Crippen MR) is 121 cm³/mol. The average molecular weight is 447 g/mol. The summed E-state index contributed by atoms with van der Waals surface area (Å²) in [5.74, 6) is 0.112. The van der Waals surface area contributed by atoms with Gasteiger partial charge in [0.2, 0.25) is 5.91 Å². The second kappa shape index (κ2) is 10.4. The summed E-state index contributed by atoms with van der Waals surface area (Å²) in [6.07, 6.45) is 0.518. The van der Waals surface area contributed by atoms with Crippen molar-refractivity contribution in [2.45, 2.75) is 25.8 Å². The molecule has 172 valence electrons. The van der Waals surface area contributed by atoms with Gasteiger partial charge < -0.3 is 26.4 Å². The number of carbonyl (C=O) groups is 1. The highest BCUT2D eigenvalue weighted by Crippen LogP contribution is 2.31. The molecule has 5 N–H and O–H groups in total. The summed E-state index contributed by atoms with van der Waals surface area (Å²) < 4.78 is 32.7. The van der Waals surface area contributed by atoms with Crippen molar-refractivity contribution in [3.8, 4) is 0 Å². The molecule has 1 aromatic rings. The van der Waals surface area contributed by atoms with Gasteiger partial charge in [-0.2, -0.15) is 0 Å². The standard InChI is InChI=1S/C22H28F2N6O2/c1-13(31)30-6-5-20(28-16-11-32-12-16)19(10-30)22(26)29-15-3-4-17(14(8-25)9-27-2)18(7-15)21(23)24/h3-4,7-9,16,21,28H,5-6,10-12,25H2,1-2H3,(H2,26,29). The van der Waals surface area contributed by atoms with Crippen LogP contribution in [0.1, 0.15) is 30.9 Å². The van der Waals surface area contributed by atoms with E-state index >= 15 is 0 Å². The SMILES string of the molecule is CN=CC(=CN)c1ccc(N=C(N)C2=C(NC3COC3)CCN(C(C)=O)C2)cc1C(F)F. The number of halogens is 2. The van der Waals surface area contributed by atoms with E-state index in [-0.39, 0.29) is 34.6 Å². The summed E-state index contributed by atoms with van der Waals surface area (Å²) in [6, 6.07) is 4.60. The number of nitrogens with zero attached hydrogens (tertiary/aromatic N) is 3. The Balaban J connectivity index is 1.97. The summed E-state index contributed by atoms with van der Waals surface area (Å²) in [5.41, 5.74) is 14.2. The normalized spacial score (nSPS) is 18.5. The number of nitrogens with two attached hydrogens (primary N) is 2. The molecule has 2 aliphatic rings. The highest BCUT2D eigenvalue weighted by molar-refractivity contribution is 6.10. The van der Waals surface area contributed by atoms with Crippen LogP contribution in [0.3, 0.4) is 0 Å². The number of hydrogen-bond donors (Lipinski definition) is 3. The van der Waals surface area contributed by atoms with Crippen molar-refractivity contribution in [2.24, 2.45) is 21.5 Å². The molecule has 2 aliphatic heterocycles. The van der Waals surface area contributed by atoms with E-state index in [1.165, 1.54) is 38.5 Å². The van der Waals surface area contributed by atoms with E-state index in [1.807, 2.05) is 0 Å². The van der Waals surface area contributed by atoms with Gasteiger partial charge in [-0.15, -0.1) is 0 Å². The van der Waals surface area contributed by atoms with Crippen molar-refractivity contribution < 1.29 is 18.3 Å². The van der Waals surface area contributed by atoms with Gasteiger partial charge in [-0.1, -0.05) is 6.07 Å². The molecule has 0 spiro atoms. The lowest BCUT2D eigenvalue weighted by Crippen LogP contribution is -2.49. The monoisotopic (exact) mass is 446 g/mol. The molecule has 0 saturated carbocycles. The Morgan fingerprint density at radius 1 is 1.38 bits per heavy atom. The smallest absolute Gasteiger partial charge is 0.264 e. The van der Waals surface area contributed by atoms with Crippen LogP contribution in [0, 0.1) is 0 Å². The van der Waals surface area contributed by atoms with E-state index < -0.39 is 6.43 Å². The highest BCUT2D eigenvalue weighted by atomic mass is 19.3. The van der Waals surface area contributed by atoms with Gasteiger partial charge in [-0.3, -0.25) is 9.79 Å². The zero-order valence-corrected chi connectivity index (χ0v) is 18.1. The maximum absolute atomic E-state index is 13.8. The Labute approximate surface area is 185 Å². The number of rotatable bonds is 7. The topological polar surface area (TPSA) is 118 Å². The van der Waals surface area contributed by atoms with Gasteiger partial charge in [0.25, 0.3) is 6.43 Å². The second-order valence-electron chi connectivity index (χ2n) is 7.60. The van der Waals surface area contributed by atoms with E-state index in [9.17, 15) is 13.6 Å². The molecule has 1 amide bonds. The van der Waals surface area contributed by atoms with Gasteiger partial charge in [0.1, 0.15) is 5.84 Å². The van der Waals surface area contributed by atoms with Gasteiger partial charge in [-0.25, -0.2) is 13.8 Å². The molecule has 0 aliphatic carbocycles. The minimum atomic E-state index is -2.74. The van der Waals surface area contributed by atoms with E-state index in [4.69, 9.17) is 16.2 Å². The maximum atomic E-state index is 13.8. The van der Waals surface area contributed by atoms with Crippen molar-refractivity contribution in [1.29, 1.82) is 0 Å². The first kappa shape index (κ1) is 23.4. The van der Waals surface area contributed by atoms with Crippen LogP contribution in [-0.2, 0) is 9.53 Å². The molecule has 1 aromatic carbocycles. The first-order chi connectivity index (χ1) is 15.3. The molecule has 0 atom stereocenters. The van der Waals surface area contributed by atoms with Crippen LogP contribution in [0.25, 0.3) is 5.57 Å². The fourth-order valence-electron chi connectivity index (χ4n) is 3.60. The fourth-order valence-corrected chi connectivity index (χ4v) is 3.60. The average Bonchev–Trinajstić information content (AvgIpc) is 2.74. The number of hydrogen-bond acceptors (Lipinski definition) is 6. The lowest BCUT2D eigenvalue weighted by atomic mass is 10.00. The number of carbonyl (C=O) groups excluding carboxylic acids is 1. The van der Waals surface area contributed by atoms with Gasteiger partial charge in [0, 0.05) is 61.8 Å². The number of allylic oxidation sites excluding steroid dienone is 1. The molecule has 8 nitrogen and oxygen atoms in total. The van der Waals surface area contributed by atoms with E-state index in [1.54, 1.807) is 11.0 Å². The lowest BCUT2D eigenvalue weighted by molar-refractivity contribution is -0.128. The van der Waals surface area contributed by atoms with Crippen molar-refractivity contribution in [2.75, 3.05) is 33.4 Å². The number of amidine groups is 1. The number of benzene rings is 1. The van der Waals surface area contributed by atoms with Crippen LogP contribution in [0.4, 0.5) is 14.5 Å². The Bertz CT molecular complexity index is 983. The zero-order valence-electron chi connectivity index (χ0n) is 18.1. The minimum absolute atomic E-state index is 0.0654. The van der Waals surface area contributed by atoms with Gasteiger partial charge in [0.05, 0.1) is 31.5 Å². The largest absolute Gasteiger partial charge is 0.404 e. The lowest BCUT2D eigenvalue weighted by Gasteiger charge is -2.35. The Morgan fingerprint density at radius 2 is 2.12 bits per heavy atom. The molecule has 1 fully saturated rings. The van der Waals surface area contributed by atoms with Gasteiger partial charge in [-0.05, 0) is 17.7 Å². The number of amides is 1. The van der Waals surface area contributed by atoms with E-state index in [0.29, 0.717) is 43.9 Å². The second-order valence-corrected chi connectivity index (χ2v) is 7.60. The van der Waals surface area contributed by atoms with Crippen LogP contribution in [0.2, 0.25) is 0 Å². The Kier molecular flexibility index (Phi) is 7.57. The third kappa shape index (κ3) is 5.31. The number of ether oxygens (including phenoxy) is 1. The third-order valence-corrected chi connectivity index (χ3v) is 5.39. The van der Waals surface area contributed by atoms with Crippen LogP contribution < -0.4 is 16.8 Å². The van der Waals surface area contributed by atoms with Crippen LogP contribution in [0.5, 0.6) is 0 Å². The van der Waals surface area contributed by atoms with Crippen molar-refractivity contribution in [1.82, 2.24) is 10.2 Å². The number of nitrogens with one attached hydrogen (secondary N) is 1. The maximum Gasteiger partial charge on any atom is 0.264 e. The fraction of sp³-hybridized carbons (Fsp3) is 0.409. The Hall–Kier alpha value is -3.27. The molecular weight excluding hydrogens is 418 g/mol. The predicted octanol–water partition coefficient (Wildman–Crippen LogP) is 2.11. The molecule has 0 bridgehead atoms. The molecule has 2 heterocycles. The van der Waals surface area contributed by atoms with Crippen LogP contribution in [0.15, 0.2) is 45.7 Å². The quantitative estimate of drug-likeness (QED) is 0.438. The minimum Gasteiger partial charge on any atom is -0.404 e. The molecule has 0 radical (unpaired) electrons. The summed E-state index contributed by atoms with van der Waals surface area (Å²) in [6.45, 7) is 3.56. The third-order valence-electron chi connectivity index (χ3n) is 5.39. The molecule has 10 heteroatoms. The molecular formula is C22H28F2N6O2. The summed E-state index contributed by atoms with van der Waals surface area (Å²) in [7, 11) is 1.54. The Morgan fingerprint density at radius 3 is 2.69 bits per heavy atom. The van der Waals surface area contributed by atoms with E-state index in [0.717, 1.165) is 5.70 Å². The molecule has 32 heavy (non-hydrogen) atoms. The van der Waals surface area contributed by atoms with Crippen molar-refractivity contribution in [3.63, 3.8) is 0 Å². The highest BCUT2D eigenvalue weighted by Gasteiger charge is 2.27. The molecule has 1 saturated heterocycles. The van der Waals surface area contributed by atoms with Crippen molar-refractivity contribution in [3.05, 3.63) is 46.8 Å². The molecule has 0 aromatic heterocycles. The van der Waals surface area contributed by atoms with Crippen LogP contribution in [-0.4, -0.2) is 62.3 Å². The van der Waals surface area contributed by atoms with Gasteiger partial charge in [0.15, 0.2) is 0 Å². The number of aliphatic imine (C=N–C) groups is 2. The van der Waals surface area contributed by atoms with Crippen LogP contribution >= 0.6 is 0 Å². The molecule has 3 rings (SSSR count). The first-order valence-corrected chi connectivity index (χ1v) is 10.3. The zero-order chi connectivity index (χ0) is 23.3. The summed E-state index contributed by atoms with van der Waals surface area (Å²) in [4.78, 5) is 21.8. The first-order valence-electron chi connectivity index (χ1n) is 10.3. The van der Waals surface area contributed by atoms with E-state index in [2.05, 4.69) is 15.3 Å².